The summed E-state index contributed by atoms with van der Waals surface area (Å²) in [6.45, 7) is 1.56. The van der Waals surface area contributed by atoms with Gasteiger partial charge >= 0.3 is 0 Å². The zero-order valence-electron chi connectivity index (χ0n) is 11.4. The van der Waals surface area contributed by atoms with Gasteiger partial charge in [0.1, 0.15) is 5.78 Å². The van der Waals surface area contributed by atoms with Crippen molar-refractivity contribution in [2.45, 2.75) is 57.3 Å². The smallest absolute Gasteiger partial charge is 0.234 e. The Bertz CT molecular complexity index is 485. The van der Waals surface area contributed by atoms with Gasteiger partial charge in [0.05, 0.1) is 6.42 Å². The molecule has 0 N–H and O–H groups in total. The highest BCUT2D eigenvalue weighted by Crippen LogP contribution is 2.60. The SMILES string of the molecule is CC(=O)Cc1nc(C23CC4CC(CC(C4)C2)C3)no1. The van der Waals surface area contributed by atoms with Gasteiger partial charge in [0.25, 0.3) is 0 Å². The van der Waals surface area contributed by atoms with E-state index in [1.807, 2.05) is 0 Å². The van der Waals surface area contributed by atoms with Crippen LogP contribution >= 0.6 is 0 Å². The van der Waals surface area contributed by atoms with E-state index < -0.39 is 0 Å². The highest BCUT2D eigenvalue weighted by atomic mass is 16.5. The number of Topliss-reactive ketones (excluding diaryl/α,β-unsaturated/α-hetero) is 1. The normalized spacial score (nSPS) is 39.7. The first-order chi connectivity index (χ1) is 9.13. The van der Waals surface area contributed by atoms with Crippen LogP contribution in [0.4, 0.5) is 0 Å². The second kappa shape index (κ2) is 3.90. The van der Waals surface area contributed by atoms with Crippen molar-refractivity contribution in [3.8, 4) is 0 Å². The summed E-state index contributed by atoms with van der Waals surface area (Å²) in [7, 11) is 0. The first-order valence-corrected chi connectivity index (χ1v) is 7.45. The molecule has 4 bridgehead atoms. The third kappa shape index (κ3) is 1.84. The third-order valence-electron chi connectivity index (χ3n) is 5.38. The minimum Gasteiger partial charge on any atom is -0.339 e. The van der Waals surface area contributed by atoms with Crippen molar-refractivity contribution in [3.05, 3.63) is 11.7 Å². The molecule has 0 radical (unpaired) electrons. The zero-order valence-corrected chi connectivity index (χ0v) is 11.4. The summed E-state index contributed by atoms with van der Waals surface area (Å²) in [5.74, 6) is 4.10. The molecule has 1 aromatic heterocycles. The molecule has 0 aliphatic heterocycles. The maximum absolute atomic E-state index is 11.1. The van der Waals surface area contributed by atoms with Gasteiger partial charge in [-0.1, -0.05) is 5.16 Å². The number of rotatable bonds is 3. The van der Waals surface area contributed by atoms with E-state index >= 15 is 0 Å². The van der Waals surface area contributed by atoms with Gasteiger partial charge in [-0.2, -0.15) is 4.98 Å². The Hall–Kier alpha value is -1.19. The summed E-state index contributed by atoms with van der Waals surface area (Å²) in [5, 5.41) is 4.22. The van der Waals surface area contributed by atoms with Crippen LogP contribution in [0.2, 0.25) is 0 Å². The molecule has 4 nitrogen and oxygen atoms in total. The summed E-state index contributed by atoms with van der Waals surface area (Å²) in [6, 6.07) is 0. The van der Waals surface area contributed by atoms with E-state index in [0.29, 0.717) is 5.89 Å². The Balaban J connectivity index is 1.64. The monoisotopic (exact) mass is 260 g/mol. The Morgan fingerprint density at radius 2 is 1.79 bits per heavy atom. The molecule has 4 aliphatic carbocycles. The lowest BCUT2D eigenvalue weighted by atomic mass is 9.49. The Morgan fingerprint density at radius 1 is 1.21 bits per heavy atom. The van der Waals surface area contributed by atoms with Gasteiger partial charge in [-0.05, 0) is 63.2 Å². The maximum Gasteiger partial charge on any atom is 0.234 e. The summed E-state index contributed by atoms with van der Waals surface area (Å²) >= 11 is 0. The molecule has 0 aromatic carbocycles. The van der Waals surface area contributed by atoms with Crippen LogP contribution in [0, 0.1) is 17.8 Å². The average molecular weight is 260 g/mol. The van der Waals surface area contributed by atoms with Crippen molar-refractivity contribution in [2.75, 3.05) is 0 Å². The standard InChI is InChI=1S/C15H20N2O2/c1-9(18)2-13-16-14(17-19-13)15-6-10-3-11(7-15)5-12(4-10)8-15/h10-12H,2-8H2,1H3. The van der Waals surface area contributed by atoms with E-state index in [2.05, 4.69) is 10.1 Å². The van der Waals surface area contributed by atoms with Crippen molar-refractivity contribution < 1.29 is 9.32 Å². The van der Waals surface area contributed by atoms with Gasteiger partial charge in [-0.15, -0.1) is 0 Å². The summed E-state index contributed by atoms with van der Waals surface area (Å²) < 4.78 is 5.28. The lowest BCUT2D eigenvalue weighted by molar-refractivity contribution is -0.116. The Kier molecular flexibility index (Phi) is 2.39. The van der Waals surface area contributed by atoms with Crippen LogP contribution < -0.4 is 0 Å². The van der Waals surface area contributed by atoms with E-state index in [0.717, 1.165) is 23.6 Å². The van der Waals surface area contributed by atoms with Crippen LogP contribution in [-0.4, -0.2) is 15.9 Å². The number of aromatic nitrogens is 2. The maximum atomic E-state index is 11.1. The van der Waals surface area contributed by atoms with Crippen molar-refractivity contribution in [1.82, 2.24) is 10.1 Å². The first-order valence-electron chi connectivity index (χ1n) is 7.45. The molecule has 0 amide bonds. The van der Waals surface area contributed by atoms with Gasteiger partial charge in [0.15, 0.2) is 5.82 Å². The van der Waals surface area contributed by atoms with E-state index in [4.69, 9.17) is 4.52 Å². The molecule has 4 fully saturated rings. The number of nitrogens with zero attached hydrogens (tertiary/aromatic N) is 2. The minimum absolute atomic E-state index is 0.0840. The highest BCUT2D eigenvalue weighted by molar-refractivity contribution is 5.77. The van der Waals surface area contributed by atoms with Gasteiger partial charge in [-0.25, -0.2) is 0 Å². The second-order valence-corrected chi connectivity index (χ2v) is 7.09. The fourth-order valence-corrected chi connectivity index (χ4v) is 5.14. The van der Waals surface area contributed by atoms with Crippen LogP contribution in [0.3, 0.4) is 0 Å². The molecule has 0 saturated heterocycles. The molecule has 4 heteroatoms. The molecule has 1 aromatic rings. The van der Waals surface area contributed by atoms with Crippen molar-refractivity contribution >= 4 is 5.78 Å². The van der Waals surface area contributed by atoms with Crippen LogP contribution in [0.5, 0.6) is 0 Å². The average Bonchev–Trinajstić information content (AvgIpc) is 2.75. The molecule has 5 rings (SSSR count). The Labute approximate surface area is 113 Å². The van der Waals surface area contributed by atoms with Crippen LogP contribution in [-0.2, 0) is 16.6 Å². The summed E-state index contributed by atoms with van der Waals surface area (Å²) in [4.78, 5) is 15.7. The van der Waals surface area contributed by atoms with Crippen LogP contribution in [0.15, 0.2) is 4.52 Å². The molecule has 19 heavy (non-hydrogen) atoms. The lowest BCUT2D eigenvalue weighted by Gasteiger charge is -2.55. The first kappa shape index (κ1) is 11.6. The predicted molar refractivity (Wildman–Crippen MR) is 68.5 cm³/mol. The van der Waals surface area contributed by atoms with Crippen LogP contribution in [0.1, 0.15) is 57.2 Å². The topological polar surface area (TPSA) is 56.0 Å². The molecule has 4 aliphatic rings. The highest BCUT2D eigenvalue weighted by Gasteiger charge is 2.53. The van der Waals surface area contributed by atoms with Crippen molar-refractivity contribution in [2.24, 2.45) is 17.8 Å². The number of hydrogen-bond acceptors (Lipinski definition) is 4. The molecule has 1 heterocycles. The summed E-state index contributed by atoms with van der Waals surface area (Å²) in [5.41, 5.74) is 0.174. The van der Waals surface area contributed by atoms with E-state index in [1.54, 1.807) is 6.92 Å². The van der Waals surface area contributed by atoms with E-state index in [9.17, 15) is 4.79 Å². The third-order valence-corrected chi connectivity index (χ3v) is 5.38. The van der Waals surface area contributed by atoms with Crippen LogP contribution in [0.25, 0.3) is 0 Å². The molecule has 4 saturated carbocycles. The summed E-state index contributed by atoms with van der Waals surface area (Å²) in [6.07, 6.45) is 8.22. The molecular formula is C15H20N2O2. The molecule has 0 spiro atoms. The molecule has 0 atom stereocenters. The molecule has 0 unspecified atom stereocenters. The fourth-order valence-electron chi connectivity index (χ4n) is 5.14. The quantitative estimate of drug-likeness (QED) is 0.838. The van der Waals surface area contributed by atoms with Gasteiger partial charge < -0.3 is 4.52 Å². The largest absolute Gasteiger partial charge is 0.339 e. The number of hydrogen-bond donors (Lipinski definition) is 0. The van der Waals surface area contributed by atoms with Gasteiger partial charge in [-0.3, -0.25) is 4.79 Å². The second-order valence-electron chi connectivity index (χ2n) is 7.09. The molecular weight excluding hydrogens is 240 g/mol. The lowest BCUT2D eigenvalue weighted by Crippen LogP contribution is -2.49. The molecule has 102 valence electrons. The fraction of sp³-hybridized carbons (Fsp3) is 0.800. The van der Waals surface area contributed by atoms with E-state index in [1.165, 1.54) is 38.5 Å². The predicted octanol–water partition coefficient (Wildman–Crippen LogP) is 2.67. The van der Waals surface area contributed by atoms with Gasteiger partial charge in [0.2, 0.25) is 5.89 Å². The Morgan fingerprint density at radius 3 is 2.32 bits per heavy atom. The zero-order chi connectivity index (χ0) is 13.0. The number of carbonyl (C=O) groups excluding carboxylic acids is 1. The minimum atomic E-state index is 0.0840. The number of carbonyl (C=O) groups is 1. The van der Waals surface area contributed by atoms with Crippen molar-refractivity contribution in [3.63, 3.8) is 0 Å². The van der Waals surface area contributed by atoms with E-state index in [-0.39, 0.29) is 17.6 Å². The number of ketones is 1. The van der Waals surface area contributed by atoms with Crippen molar-refractivity contribution in [1.29, 1.82) is 0 Å². The van der Waals surface area contributed by atoms with Gasteiger partial charge in [0, 0.05) is 5.41 Å².